The van der Waals surface area contributed by atoms with E-state index in [4.69, 9.17) is 0 Å². The summed E-state index contributed by atoms with van der Waals surface area (Å²) in [7, 11) is 0. The number of amides is 1. The van der Waals surface area contributed by atoms with Crippen molar-refractivity contribution in [3.05, 3.63) is 51.0 Å². The minimum absolute atomic E-state index is 0. The number of hydrogen-bond donors (Lipinski definition) is 2. The van der Waals surface area contributed by atoms with Gasteiger partial charge in [-0.25, -0.2) is 4.39 Å². The smallest absolute Gasteiger partial charge is 0.266 e. The van der Waals surface area contributed by atoms with Crippen molar-refractivity contribution in [1.82, 2.24) is 5.32 Å². The molecular formula is C17H20ClFN2OS. The average Bonchev–Trinajstić information content (AvgIpc) is 3.00. The molecule has 3 nitrogen and oxygen atoms in total. The molecule has 23 heavy (non-hydrogen) atoms. The van der Waals surface area contributed by atoms with Crippen LogP contribution in [-0.2, 0) is 13.0 Å². The van der Waals surface area contributed by atoms with Crippen molar-refractivity contribution in [2.24, 2.45) is 0 Å². The van der Waals surface area contributed by atoms with E-state index in [0.29, 0.717) is 23.4 Å². The molecule has 0 saturated carbocycles. The van der Waals surface area contributed by atoms with Crippen LogP contribution in [0.1, 0.15) is 46.1 Å². The number of fused-ring (bicyclic) bond motifs is 1. The number of halogens is 2. The zero-order valence-electron chi connectivity index (χ0n) is 13.1. The van der Waals surface area contributed by atoms with Gasteiger partial charge in [-0.15, -0.1) is 23.7 Å². The fourth-order valence-corrected chi connectivity index (χ4v) is 3.72. The molecule has 1 aliphatic heterocycles. The Morgan fingerprint density at radius 2 is 2.13 bits per heavy atom. The van der Waals surface area contributed by atoms with Gasteiger partial charge in [-0.3, -0.25) is 4.79 Å². The topological polar surface area (TPSA) is 41.1 Å². The summed E-state index contributed by atoms with van der Waals surface area (Å²) in [5.74, 6) is -0.257. The lowest BCUT2D eigenvalue weighted by Gasteiger charge is -2.19. The number of thiophene rings is 1. The lowest BCUT2D eigenvalue weighted by molar-refractivity contribution is 0.102. The molecule has 1 amide bonds. The largest absolute Gasteiger partial charge is 0.319 e. The van der Waals surface area contributed by atoms with E-state index in [9.17, 15) is 9.18 Å². The Labute approximate surface area is 145 Å². The maximum atomic E-state index is 14.6. The monoisotopic (exact) mass is 354 g/mol. The number of benzene rings is 1. The molecule has 0 atom stereocenters. The molecule has 1 aliphatic rings. The Bertz CT molecular complexity index is 715. The first-order valence-corrected chi connectivity index (χ1v) is 8.35. The van der Waals surface area contributed by atoms with Crippen LogP contribution in [0.4, 0.5) is 10.1 Å². The lowest BCUT2D eigenvalue weighted by atomic mass is 9.99. The van der Waals surface area contributed by atoms with Crippen molar-refractivity contribution in [1.29, 1.82) is 0 Å². The summed E-state index contributed by atoms with van der Waals surface area (Å²) in [6.07, 6.45) is 0.654. The van der Waals surface area contributed by atoms with Gasteiger partial charge in [0, 0.05) is 6.54 Å². The van der Waals surface area contributed by atoms with Gasteiger partial charge in [0.2, 0.25) is 0 Å². The minimum Gasteiger partial charge on any atom is -0.319 e. The van der Waals surface area contributed by atoms with Gasteiger partial charge >= 0.3 is 0 Å². The molecule has 0 radical (unpaired) electrons. The molecule has 6 heteroatoms. The predicted octanol–water partition coefficient (Wildman–Crippen LogP) is 4.33. The van der Waals surface area contributed by atoms with Crippen molar-refractivity contribution in [2.75, 3.05) is 11.9 Å². The van der Waals surface area contributed by atoms with Gasteiger partial charge in [-0.1, -0.05) is 19.9 Å². The van der Waals surface area contributed by atoms with E-state index in [0.717, 1.165) is 17.7 Å². The number of carbonyl (C=O) groups is 1. The van der Waals surface area contributed by atoms with Crippen LogP contribution in [0.3, 0.4) is 0 Å². The van der Waals surface area contributed by atoms with E-state index >= 15 is 0 Å². The molecule has 0 aliphatic carbocycles. The third-order valence-electron chi connectivity index (χ3n) is 3.98. The molecule has 0 bridgehead atoms. The molecular weight excluding hydrogens is 335 g/mol. The maximum Gasteiger partial charge on any atom is 0.266 e. The van der Waals surface area contributed by atoms with E-state index in [1.807, 2.05) is 31.4 Å². The van der Waals surface area contributed by atoms with E-state index in [-0.39, 0.29) is 35.7 Å². The van der Waals surface area contributed by atoms with Gasteiger partial charge in [0.25, 0.3) is 5.91 Å². The Morgan fingerprint density at radius 3 is 2.87 bits per heavy atom. The Kier molecular flexibility index (Phi) is 5.79. The zero-order chi connectivity index (χ0) is 15.7. The number of rotatable bonds is 3. The predicted molar refractivity (Wildman–Crippen MR) is 95.4 cm³/mol. The van der Waals surface area contributed by atoms with E-state index in [1.54, 1.807) is 6.07 Å². The lowest BCUT2D eigenvalue weighted by Crippen LogP contribution is -2.25. The summed E-state index contributed by atoms with van der Waals surface area (Å²) in [6, 6.07) is 5.50. The van der Waals surface area contributed by atoms with Crippen LogP contribution in [0.25, 0.3) is 0 Å². The second kappa shape index (κ2) is 7.43. The summed E-state index contributed by atoms with van der Waals surface area (Å²) < 4.78 is 14.6. The van der Waals surface area contributed by atoms with Gasteiger partial charge in [0.1, 0.15) is 5.82 Å². The fraction of sp³-hybridized carbons (Fsp3) is 0.353. The quantitative estimate of drug-likeness (QED) is 0.861. The van der Waals surface area contributed by atoms with E-state index in [2.05, 4.69) is 10.6 Å². The van der Waals surface area contributed by atoms with E-state index < -0.39 is 0 Å². The van der Waals surface area contributed by atoms with Crippen molar-refractivity contribution < 1.29 is 9.18 Å². The number of hydrogen-bond acceptors (Lipinski definition) is 3. The second-order valence-corrected chi connectivity index (χ2v) is 6.72. The third-order valence-corrected chi connectivity index (χ3v) is 4.91. The van der Waals surface area contributed by atoms with Crippen LogP contribution in [0.2, 0.25) is 0 Å². The van der Waals surface area contributed by atoms with Crippen molar-refractivity contribution >= 4 is 35.3 Å². The number of anilines is 1. The Balaban J connectivity index is 0.00000192. The minimum atomic E-state index is -0.296. The summed E-state index contributed by atoms with van der Waals surface area (Å²) in [6.45, 7) is 5.54. The molecule has 0 spiro atoms. The van der Waals surface area contributed by atoms with Crippen LogP contribution in [-0.4, -0.2) is 12.5 Å². The first kappa shape index (κ1) is 17.9. The molecule has 1 aromatic heterocycles. The number of carbonyl (C=O) groups excluding carboxylic acids is 1. The van der Waals surface area contributed by atoms with E-state index in [1.165, 1.54) is 11.3 Å². The van der Waals surface area contributed by atoms with Crippen LogP contribution < -0.4 is 10.6 Å². The van der Waals surface area contributed by atoms with Gasteiger partial charge in [0.05, 0.1) is 10.6 Å². The van der Waals surface area contributed by atoms with Gasteiger partial charge in [0.15, 0.2) is 0 Å². The first-order chi connectivity index (χ1) is 10.6. The third kappa shape index (κ3) is 3.57. The van der Waals surface area contributed by atoms with Crippen LogP contribution in [0.15, 0.2) is 23.6 Å². The molecule has 0 unspecified atom stereocenters. The molecule has 3 rings (SSSR count). The molecule has 0 saturated heterocycles. The molecule has 1 aromatic carbocycles. The summed E-state index contributed by atoms with van der Waals surface area (Å²) in [4.78, 5) is 13.1. The Hall–Kier alpha value is -1.43. The normalized spacial score (nSPS) is 13.4. The SMILES string of the molecule is CC(C)c1ccsc1C(=O)Nc1ccc2c(c1F)CCNC2.Cl. The van der Waals surface area contributed by atoms with Crippen LogP contribution in [0, 0.1) is 5.82 Å². The fourth-order valence-electron chi connectivity index (χ4n) is 2.77. The van der Waals surface area contributed by atoms with Gasteiger partial charge < -0.3 is 10.6 Å². The molecule has 2 N–H and O–H groups in total. The summed E-state index contributed by atoms with van der Waals surface area (Å²) >= 11 is 1.40. The van der Waals surface area contributed by atoms with Crippen LogP contribution >= 0.6 is 23.7 Å². The van der Waals surface area contributed by atoms with Crippen molar-refractivity contribution in [3.63, 3.8) is 0 Å². The summed E-state index contributed by atoms with van der Waals surface area (Å²) in [5, 5.41) is 7.85. The van der Waals surface area contributed by atoms with Gasteiger partial charge in [-0.2, -0.15) is 0 Å². The molecule has 2 heterocycles. The highest BCUT2D eigenvalue weighted by atomic mass is 35.5. The summed E-state index contributed by atoms with van der Waals surface area (Å²) in [5.41, 5.74) is 2.96. The standard InChI is InChI=1S/C17H19FN2OS.ClH/c1-10(2)12-6-8-22-16(12)17(21)20-14-4-3-11-9-19-7-5-13(11)15(14)18;/h3-4,6,8,10,19H,5,7,9H2,1-2H3,(H,20,21);1H. The van der Waals surface area contributed by atoms with Crippen LogP contribution in [0.5, 0.6) is 0 Å². The Morgan fingerprint density at radius 1 is 1.35 bits per heavy atom. The zero-order valence-corrected chi connectivity index (χ0v) is 14.7. The highest BCUT2D eigenvalue weighted by Crippen LogP contribution is 2.28. The van der Waals surface area contributed by atoms with Crippen molar-refractivity contribution in [3.8, 4) is 0 Å². The number of nitrogens with one attached hydrogen (secondary N) is 2. The average molecular weight is 355 g/mol. The molecule has 124 valence electrons. The first-order valence-electron chi connectivity index (χ1n) is 7.47. The highest BCUT2D eigenvalue weighted by Gasteiger charge is 2.20. The molecule has 2 aromatic rings. The second-order valence-electron chi connectivity index (χ2n) is 5.81. The molecule has 0 fully saturated rings. The van der Waals surface area contributed by atoms with Gasteiger partial charge in [-0.05, 0) is 53.1 Å². The highest BCUT2D eigenvalue weighted by molar-refractivity contribution is 7.12. The maximum absolute atomic E-state index is 14.6. The van der Waals surface area contributed by atoms with Crippen molar-refractivity contribution in [2.45, 2.75) is 32.7 Å².